The van der Waals surface area contributed by atoms with Gasteiger partial charge in [-0.2, -0.15) is 13.2 Å². The van der Waals surface area contributed by atoms with Crippen molar-refractivity contribution in [2.75, 3.05) is 0 Å². The summed E-state index contributed by atoms with van der Waals surface area (Å²) >= 11 is 0. The van der Waals surface area contributed by atoms with E-state index in [2.05, 4.69) is 10.3 Å². The van der Waals surface area contributed by atoms with Gasteiger partial charge in [0.05, 0.1) is 5.69 Å². The van der Waals surface area contributed by atoms with Crippen LogP contribution >= 0.6 is 0 Å². The molecule has 0 saturated heterocycles. The molecule has 3 nitrogen and oxygen atoms in total. The summed E-state index contributed by atoms with van der Waals surface area (Å²) in [7, 11) is 0. The summed E-state index contributed by atoms with van der Waals surface area (Å²) in [6.07, 6.45) is -2.33. The Morgan fingerprint density at radius 2 is 1.94 bits per heavy atom. The van der Waals surface area contributed by atoms with Crippen LogP contribution in [0.2, 0.25) is 0 Å². The van der Waals surface area contributed by atoms with Crippen molar-refractivity contribution < 1.29 is 13.2 Å². The van der Waals surface area contributed by atoms with Gasteiger partial charge in [0.2, 0.25) is 0 Å². The van der Waals surface area contributed by atoms with Gasteiger partial charge >= 0.3 is 6.18 Å². The number of rotatable bonds is 5. The van der Waals surface area contributed by atoms with E-state index in [1.807, 2.05) is 20.8 Å². The minimum absolute atomic E-state index is 0.148. The highest BCUT2D eigenvalue weighted by Gasteiger charge is 2.38. The third-order valence-electron chi connectivity index (χ3n) is 2.43. The molecule has 0 unspecified atom stereocenters. The van der Waals surface area contributed by atoms with Crippen LogP contribution in [0.15, 0.2) is 0 Å². The molecule has 1 heterocycles. The van der Waals surface area contributed by atoms with Gasteiger partial charge in [-0.05, 0) is 18.8 Å². The molecule has 1 aromatic heterocycles. The van der Waals surface area contributed by atoms with Gasteiger partial charge in [-0.3, -0.25) is 0 Å². The van der Waals surface area contributed by atoms with Crippen molar-refractivity contribution in [3.05, 3.63) is 11.4 Å². The van der Waals surface area contributed by atoms with E-state index in [9.17, 15) is 13.2 Å². The third kappa shape index (κ3) is 3.71. The fraction of sp³-hybridized carbons (Fsp3) is 0.818. The highest BCUT2D eigenvalue weighted by Crippen LogP contribution is 2.31. The van der Waals surface area contributed by atoms with Gasteiger partial charge in [0.1, 0.15) is 0 Å². The number of hydrogen-bond acceptors (Lipinski definition) is 2. The van der Waals surface area contributed by atoms with Crippen molar-refractivity contribution in [2.45, 2.75) is 52.8 Å². The van der Waals surface area contributed by atoms with Crippen molar-refractivity contribution in [1.82, 2.24) is 15.0 Å². The summed E-state index contributed by atoms with van der Waals surface area (Å²) in [5.41, 5.74) is -0.622. The maximum absolute atomic E-state index is 12.7. The van der Waals surface area contributed by atoms with Crippen LogP contribution in [0.3, 0.4) is 0 Å². The molecule has 0 bridgehead atoms. The molecule has 0 amide bonds. The molecule has 0 aliphatic heterocycles. The van der Waals surface area contributed by atoms with E-state index in [1.54, 1.807) is 0 Å². The van der Waals surface area contributed by atoms with E-state index < -0.39 is 11.9 Å². The SMILES string of the molecule is CCCCn1nnc(C(F)(F)F)c1CC(C)C. The molecule has 98 valence electrons. The summed E-state index contributed by atoms with van der Waals surface area (Å²) in [5, 5.41) is 6.90. The quantitative estimate of drug-likeness (QED) is 0.801. The van der Waals surface area contributed by atoms with E-state index in [0.717, 1.165) is 12.8 Å². The van der Waals surface area contributed by atoms with Gasteiger partial charge in [0.15, 0.2) is 5.69 Å². The first-order chi connectivity index (χ1) is 7.86. The number of halogens is 3. The second-order valence-corrected chi connectivity index (χ2v) is 4.56. The number of aryl methyl sites for hydroxylation is 1. The average Bonchev–Trinajstić information content (AvgIpc) is 2.56. The van der Waals surface area contributed by atoms with Crippen molar-refractivity contribution >= 4 is 0 Å². The van der Waals surface area contributed by atoms with Crippen LogP contribution in [-0.4, -0.2) is 15.0 Å². The van der Waals surface area contributed by atoms with Gasteiger partial charge in [0, 0.05) is 6.54 Å². The van der Waals surface area contributed by atoms with Crippen LogP contribution in [0, 0.1) is 5.92 Å². The molecule has 0 saturated carbocycles. The first-order valence-corrected chi connectivity index (χ1v) is 5.85. The number of aromatic nitrogens is 3. The molecule has 0 aromatic carbocycles. The van der Waals surface area contributed by atoms with Gasteiger partial charge in [0.25, 0.3) is 0 Å². The molecule has 0 atom stereocenters. The number of nitrogens with zero attached hydrogens (tertiary/aromatic N) is 3. The molecule has 0 fully saturated rings. The highest BCUT2D eigenvalue weighted by atomic mass is 19.4. The maximum Gasteiger partial charge on any atom is 0.437 e. The molecule has 6 heteroatoms. The highest BCUT2D eigenvalue weighted by molar-refractivity contribution is 5.14. The molecule has 0 N–H and O–H groups in total. The van der Waals surface area contributed by atoms with Crippen molar-refractivity contribution in [3.8, 4) is 0 Å². The third-order valence-corrected chi connectivity index (χ3v) is 2.43. The Morgan fingerprint density at radius 3 is 2.41 bits per heavy atom. The molecular weight excluding hydrogens is 231 g/mol. The molecule has 1 aromatic rings. The zero-order valence-corrected chi connectivity index (χ0v) is 10.4. The Hall–Kier alpha value is -1.07. The topological polar surface area (TPSA) is 30.7 Å². The molecule has 0 aliphatic carbocycles. The van der Waals surface area contributed by atoms with E-state index in [1.165, 1.54) is 4.68 Å². The Kier molecular flexibility index (Phi) is 4.54. The second-order valence-electron chi connectivity index (χ2n) is 4.56. The fourth-order valence-corrected chi connectivity index (χ4v) is 1.63. The van der Waals surface area contributed by atoms with E-state index in [0.29, 0.717) is 13.0 Å². The van der Waals surface area contributed by atoms with E-state index in [-0.39, 0.29) is 11.6 Å². The van der Waals surface area contributed by atoms with Crippen molar-refractivity contribution in [1.29, 1.82) is 0 Å². The fourth-order valence-electron chi connectivity index (χ4n) is 1.63. The first-order valence-electron chi connectivity index (χ1n) is 5.85. The van der Waals surface area contributed by atoms with Crippen molar-refractivity contribution in [2.24, 2.45) is 5.92 Å². The molecular formula is C11H18F3N3. The van der Waals surface area contributed by atoms with Crippen LogP contribution in [0.5, 0.6) is 0 Å². The van der Waals surface area contributed by atoms with E-state index in [4.69, 9.17) is 0 Å². The summed E-state index contributed by atoms with van der Waals surface area (Å²) in [5.74, 6) is 0.148. The summed E-state index contributed by atoms with van der Waals surface area (Å²) < 4.78 is 39.6. The zero-order chi connectivity index (χ0) is 13.1. The second kappa shape index (κ2) is 5.51. The molecule has 0 radical (unpaired) electrons. The Bertz CT molecular complexity index is 355. The van der Waals surface area contributed by atoms with Gasteiger partial charge in [-0.15, -0.1) is 5.10 Å². The number of alkyl halides is 3. The summed E-state index contributed by atoms with van der Waals surface area (Å²) in [4.78, 5) is 0. The van der Waals surface area contributed by atoms with Crippen LogP contribution in [0.4, 0.5) is 13.2 Å². The Balaban J connectivity index is 3.02. The Morgan fingerprint density at radius 1 is 1.29 bits per heavy atom. The zero-order valence-electron chi connectivity index (χ0n) is 10.4. The molecule has 17 heavy (non-hydrogen) atoms. The standard InChI is InChI=1S/C11H18F3N3/c1-4-5-6-17-9(7-8(2)3)10(15-16-17)11(12,13)14/h8H,4-7H2,1-3H3. The lowest BCUT2D eigenvalue weighted by molar-refractivity contribution is -0.141. The van der Waals surface area contributed by atoms with Crippen LogP contribution < -0.4 is 0 Å². The minimum Gasteiger partial charge on any atom is -0.249 e. The lowest BCUT2D eigenvalue weighted by atomic mass is 10.1. The Labute approximate surface area is 99.0 Å². The number of unbranched alkanes of at least 4 members (excludes halogenated alkanes) is 1. The van der Waals surface area contributed by atoms with Crippen molar-refractivity contribution in [3.63, 3.8) is 0 Å². The smallest absolute Gasteiger partial charge is 0.249 e. The van der Waals surface area contributed by atoms with Crippen LogP contribution in [0.25, 0.3) is 0 Å². The maximum atomic E-state index is 12.7. The van der Waals surface area contributed by atoms with Gasteiger partial charge < -0.3 is 0 Å². The normalized spacial score (nSPS) is 12.4. The van der Waals surface area contributed by atoms with E-state index >= 15 is 0 Å². The predicted molar refractivity (Wildman–Crippen MR) is 58.5 cm³/mol. The largest absolute Gasteiger partial charge is 0.437 e. The first kappa shape index (κ1) is 14.0. The van der Waals surface area contributed by atoms with Gasteiger partial charge in [-0.25, -0.2) is 4.68 Å². The van der Waals surface area contributed by atoms with Gasteiger partial charge in [-0.1, -0.05) is 32.4 Å². The molecule has 1 rings (SSSR count). The minimum atomic E-state index is -4.41. The van der Waals surface area contributed by atoms with Crippen LogP contribution in [0.1, 0.15) is 45.0 Å². The lowest BCUT2D eigenvalue weighted by Gasteiger charge is -2.11. The van der Waals surface area contributed by atoms with Crippen LogP contribution in [-0.2, 0) is 19.1 Å². The monoisotopic (exact) mass is 249 g/mol. The molecule has 0 aliphatic rings. The summed E-state index contributed by atoms with van der Waals surface area (Å²) in [6, 6.07) is 0. The number of hydrogen-bond donors (Lipinski definition) is 0. The predicted octanol–water partition coefficient (Wildman–Crippen LogP) is 3.30. The summed E-state index contributed by atoms with van der Waals surface area (Å²) in [6.45, 7) is 6.26. The lowest BCUT2D eigenvalue weighted by Crippen LogP contribution is -2.14. The average molecular weight is 249 g/mol. The molecule has 0 spiro atoms.